The number of nitrogens with two attached hydrogens (primary N) is 1. The lowest BCUT2D eigenvalue weighted by Gasteiger charge is -2.33. The minimum Gasteiger partial charge on any atom is -0.371 e. The van der Waals surface area contributed by atoms with E-state index in [0.717, 1.165) is 12.8 Å². The smallest absolute Gasteiger partial charge is 0.0815 e. The summed E-state index contributed by atoms with van der Waals surface area (Å²) in [5.74, 6) is 2.47. The Balaban J connectivity index is 2.53. The lowest BCUT2D eigenvalue weighted by molar-refractivity contribution is -0.0801. The molecule has 1 unspecified atom stereocenters. The lowest BCUT2D eigenvalue weighted by Crippen LogP contribution is -2.42. The Kier molecular flexibility index (Phi) is 4.56. The van der Waals surface area contributed by atoms with Gasteiger partial charge in [0.15, 0.2) is 0 Å². The minimum atomic E-state index is -0.0162. The molecule has 0 spiro atoms. The maximum absolute atomic E-state index is 5.97. The van der Waals surface area contributed by atoms with Gasteiger partial charge in [-0.15, -0.1) is 0 Å². The molecule has 78 valence electrons. The molecule has 0 aromatic heterocycles. The number of rotatable bonds is 3. The van der Waals surface area contributed by atoms with Crippen molar-refractivity contribution in [3.05, 3.63) is 0 Å². The summed E-state index contributed by atoms with van der Waals surface area (Å²) >= 11 is 2.02. The summed E-state index contributed by atoms with van der Waals surface area (Å²) in [6.07, 6.45) is 3.79. The fourth-order valence-corrected chi connectivity index (χ4v) is 2.92. The van der Waals surface area contributed by atoms with Crippen molar-refractivity contribution in [2.45, 2.75) is 44.8 Å². The Morgan fingerprint density at radius 1 is 1.38 bits per heavy atom. The SMILES string of the molecule is CC(C)OC1(CN)CCCSCC1. The van der Waals surface area contributed by atoms with Crippen LogP contribution in [-0.2, 0) is 4.74 Å². The van der Waals surface area contributed by atoms with Crippen LogP contribution in [-0.4, -0.2) is 29.8 Å². The lowest BCUT2D eigenvalue weighted by atomic mass is 9.94. The standard InChI is InChI=1S/C10H21NOS/c1-9(2)12-10(8-11)4-3-6-13-7-5-10/h9H,3-8,11H2,1-2H3. The monoisotopic (exact) mass is 203 g/mol. The molecule has 2 nitrogen and oxygen atoms in total. The minimum absolute atomic E-state index is 0.0162. The highest BCUT2D eigenvalue weighted by Crippen LogP contribution is 2.29. The van der Waals surface area contributed by atoms with Crippen LogP contribution in [0, 0.1) is 0 Å². The Labute approximate surface area is 85.6 Å². The van der Waals surface area contributed by atoms with E-state index in [2.05, 4.69) is 13.8 Å². The number of hydrogen-bond donors (Lipinski definition) is 1. The van der Waals surface area contributed by atoms with E-state index in [1.54, 1.807) is 0 Å². The first-order valence-electron chi connectivity index (χ1n) is 5.14. The topological polar surface area (TPSA) is 35.2 Å². The second-order valence-electron chi connectivity index (χ2n) is 4.02. The maximum Gasteiger partial charge on any atom is 0.0815 e. The molecule has 0 aliphatic carbocycles. The third-order valence-electron chi connectivity index (χ3n) is 2.48. The average Bonchev–Trinajstić information content (AvgIpc) is 2.30. The first-order valence-corrected chi connectivity index (χ1v) is 6.30. The van der Waals surface area contributed by atoms with E-state index in [-0.39, 0.29) is 5.60 Å². The Bertz CT molecular complexity index is 142. The molecule has 1 rings (SSSR count). The molecule has 0 saturated carbocycles. The van der Waals surface area contributed by atoms with E-state index >= 15 is 0 Å². The van der Waals surface area contributed by atoms with Crippen molar-refractivity contribution < 1.29 is 4.74 Å². The molecule has 1 heterocycles. The molecule has 1 atom stereocenters. The van der Waals surface area contributed by atoms with Crippen LogP contribution in [0.15, 0.2) is 0 Å². The molecular formula is C10H21NOS. The molecule has 0 aromatic carbocycles. The van der Waals surface area contributed by atoms with Crippen LogP contribution in [0.2, 0.25) is 0 Å². The van der Waals surface area contributed by atoms with E-state index in [0.29, 0.717) is 12.6 Å². The number of thioether (sulfide) groups is 1. The van der Waals surface area contributed by atoms with Crippen LogP contribution < -0.4 is 5.73 Å². The van der Waals surface area contributed by atoms with Crippen LogP contribution in [0.25, 0.3) is 0 Å². The molecule has 0 amide bonds. The quantitative estimate of drug-likeness (QED) is 0.762. The van der Waals surface area contributed by atoms with Crippen LogP contribution >= 0.6 is 11.8 Å². The van der Waals surface area contributed by atoms with E-state index in [1.807, 2.05) is 11.8 Å². The zero-order chi connectivity index (χ0) is 9.73. The summed E-state index contributed by atoms with van der Waals surface area (Å²) in [6.45, 7) is 4.86. The first kappa shape index (κ1) is 11.3. The van der Waals surface area contributed by atoms with Crippen molar-refractivity contribution in [1.82, 2.24) is 0 Å². The first-order chi connectivity index (χ1) is 6.18. The van der Waals surface area contributed by atoms with Gasteiger partial charge in [0.2, 0.25) is 0 Å². The Morgan fingerprint density at radius 2 is 2.15 bits per heavy atom. The van der Waals surface area contributed by atoms with E-state index in [9.17, 15) is 0 Å². The van der Waals surface area contributed by atoms with Crippen molar-refractivity contribution in [3.8, 4) is 0 Å². The molecule has 3 heteroatoms. The Morgan fingerprint density at radius 3 is 2.77 bits per heavy atom. The largest absolute Gasteiger partial charge is 0.371 e. The molecule has 0 aromatic rings. The summed E-state index contributed by atoms with van der Waals surface area (Å²) in [5, 5.41) is 0. The molecule has 1 aliphatic rings. The van der Waals surface area contributed by atoms with E-state index in [4.69, 9.17) is 10.5 Å². The van der Waals surface area contributed by atoms with E-state index < -0.39 is 0 Å². The summed E-state index contributed by atoms with van der Waals surface area (Å²) in [7, 11) is 0. The molecule has 0 radical (unpaired) electrons. The van der Waals surface area contributed by atoms with Gasteiger partial charge in [0, 0.05) is 6.54 Å². The van der Waals surface area contributed by atoms with Gasteiger partial charge in [0.05, 0.1) is 11.7 Å². The van der Waals surface area contributed by atoms with Crippen molar-refractivity contribution in [1.29, 1.82) is 0 Å². The van der Waals surface area contributed by atoms with Crippen molar-refractivity contribution in [2.24, 2.45) is 5.73 Å². The summed E-state index contributed by atoms with van der Waals surface area (Å²) in [6, 6.07) is 0. The van der Waals surface area contributed by atoms with E-state index in [1.165, 1.54) is 17.9 Å². The van der Waals surface area contributed by atoms with Gasteiger partial charge in [-0.3, -0.25) is 0 Å². The van der Waals surface area contributed by atoms with Gasteiger partial charge in [0.1, 0.15) is 0 Å². The second-order valence-corrected chi connectivity index (χ2v) is 5.24. The summed E-state index contributed by atoms with van der Waals surface area (Å²) in [5.41, 5.74) is 5.81. The van der Waals surface area contributed by atoms with Gasteiger partial charge in [-0.1, -0.05) is 0 Å². The molecule has 0 bridgehead atoms. The normalized spacial score (nSPS) is 30.5. The van der Waals surface area contributed by atoms with Gasteiger partial charge < -0.3 is 10.5 Å². The molecule has 1 aliphatic heterocycles. The highest BCUT2D eigenvalue weighted by atomic mass is 32.2. The third-order valence-corrected chi connectivity index (χ3v) is 3.55. The van der Waals surface area contributed by atoms with Crippen LogP contribution in [0.3, 0.4) is 0 Å². The van der Waals surface area contributed by atoms with Crippen LogP contribution in [0.1, 0.15) is 33.1 Å². The van der Waals surface area contributed by atoms with Gasteiger partial charge in [-0.05, 0) is 44.6 Å². The number of hydrogen-bond acceptors (Lipinski definition) is 3. The summed E-state index contributed by atoms with van der Waals surface area (Å²) in [4.78, 5) is 0. The Hall–Kier alpha value is 0.270. The fourth-order valence-electron chi connectivity index (χ4n) is 1.85. The van der Waals surface area contributed by atoms with Gasteiger partial charge in [0.25, 0.3) is 0 Å². The van der Waals surface area contributed by atoms with Crippen LogP contribution in [0.5, 0.6) is 0 Å². The zero-order valence-electron chi connectivity index (χ0n) is 8.71. The molecule has 13 heavy (non-hydrogen) atoms. The maximum atomic E-state index is 5.97. The predicted molar refractivity (Wildman–Crippen MR) is 59.2 cm³/mol. The molecule has 1 saturated heterocycles. The average molecular weight is 203 g/mol. The van der Waals surface area contributed by atoms with Gasteiger partial charge >= 0.3 is 0 Å². The molecule has 2 N–H and O–H groups in total. The predicted octanol–water partition coefficient (Wildman–Crippen LogP) is 2.03. The highest BCUT2D eigenvalue weighted by molar-refractivity contribution is 7.99. The molecule has 1 fully saturated rings. The third kappa shape index (κ3) is 3.49. The van der Waals surface area contributed by atoms with Crippen molar-refractivity contribution >= 4 is 11.8 Å². The van der Waals surface area contributed by atoms with Crippen molar-refractivity contribution in [2.75, 3.05) is 18.1 Å². The van der Waals surface area contributed by atoms with Gasteiger partial charge in [-0.2, -0.15) is 11.8 Å². The second kappa shape index (κ2) is 5.23. The van der Waals surface area contributed by atoms with Crippen molar-refractivity contribution in [3.63, 3.8) is 0 Å². The summed E-state index contributed by atoms with van der Waals surface area (Å²) < 4.78 is 5.97. The fraction of sp³-hybridized carbons (Fsp3) is 1.00. The highest BCUT2D eigenvalue weighted by Gasteiger charge is 2.31. The molecular weight excluding hydrogens is 182 g/mol. The zero-order valence-corrected chi connectivity index (χ0v) is 9.53. The van der Waals surface area contributed by atoms with Crippen LogP contribution in [0.4, 0.5) is 0 Å². The van der Waals surface area contributed by atoms with Gasteiger partial charge in [-0.25, -0.2) is 0 Å². The number of ether oxygens (including phenoxy) is 1.